The summed E-state index contributed by atoms with van der Waals surface area (Å²) in [5, 5.41) is 1.05. The first-order valence-electron chi connectivity index (χ1n) is 5.51. The van der Waals surface area contributed by atoms with Crippen molar-refractivity contribution in [1.82, 2.24) is 0 Å². The number of benzene rings is 2. The highest BCUT2D eigenvalue weighted by Crippen LogP contribution is 2.37. The molecule has 0 aliphatic carbocycles. The monoisotopic (exact) mass is 424 g/mol. The summed E-state index contributed by atoms with van der Waals surface area (Å²) in [6, 6.07) is 10.3. The Morgan fingerprint density at radius 1 is 1.11 bits per heavy atom. The van der Waals surface area contributed by atoms with E-state index >= 15 is 0 Å². The minimum atomic E-state index is -0.303. The van der Waals surface area contributed by atoms with Crippen LogP contribution in [0, 0.1) is 5.82 Å². The summed E-state index contributed by atoms with van der Waals surface area (Å²) in [6.45, 7) is 0. The number of hydrogen-bond donors (Lipinski definition) is 0. The smallest absolute Gasteiger partial charge is 0.127 e. The Bertz CT molecular complexity index is 582. The Morgan fingerprint density at radius 2 is 1.79 bits per heavy atom. The minimum absolute atomic E-state index is 0.105. The fourth-order valence-corrected chi connectivity index (χ4v) is 3.50. The SMILES string of the molecule is Fc1cccc(Cl)c1CC(Br)c1cccc(Br)c1Cl. The number of alkyl halides is 1. The van der Waals surface area contributed by atoms with Gasteiger partial charge in [0.2, 0.25) is 0 Å². The fraction of sp³-hybridized carbons (Fsp3) is 0.143. The van der Waals surface area contributed by atoms with Crippen molar-refractivity contribution in [1.29, 1.82) is 0 Å². The normalized spacial score (nSPS) is 12.5. The van der Waals surface area contributed by atoms with Crippen LogP contribution in [-0.4, -0.2) is 0 Å². The first-order valence-corrected chi connectivity index (χ1v) is 7.98. The van der Waals surface area contributed by atoms with E-state index in [2.05, 4.69) is 31.9 Å². The van der Waals surface area contributed by atoms with E-state index in [-0.39, 0.29) is 10.6 Å². The molecule has 0 aliphatic rings. The van der Waals surface area contributed by atoms with Gasteiger partial charge < -0.3 is 0 Å². The molecule has 1 atom stereocenters. The largest absolute Gasteiger partial charge is 0.207 e. The highest BCUT2D eigenvalue weighted by atomic mass is 79.9. The maximum absolute atomic E-state index is 13.8. The molecule has 0 aromatic heterocycles. The lowest BCUT2D eigenvalue weighted by Gasteiger charge is -2.14. The van der Waals surface area contributed by atoms with E-state index in [9.17, 15) is 4.39 Å². The first-order chi connectivity index (χ1) is 9.00. The molecule has 1 unspecified atom stereocenters. The molecule has 0 aliphatic heterocycles. The molecule has 2 rings (SSSR count). The van der Waals surface area contributed by atoms with Gasteiger partial charge in [-0.2, -0.15) is 0 Å². The van der Waals surface area contributed by atoms with Crippen molar-refractivity contribution in [2.45, 2.75) is 11.2 Å². The Labute approximate surface area is 138 Å². The van der Waals surface area contributed by atoms with Crippen molar-refractivity contribution in [3.05, 3.63) is 67.9 Å². The van der Waals surface area contributed by atoms with E-state index in [0.717, 1.165) is 10.0 Å². The predicted molar refractivity (Wildman–Crippen MR) is 85.9 cm³/mol. The van der Waals surface area contributed by atoms with Crippen LogP contribution >= 0.6 is 55.1 Å². The van der Waals surface area contributed by atoms with Gasteiger partial charge in [-0.3, -0.25) is 0 Å². The summed E-state index contributed by atoms with van der Waals surface area (Å²) in [6.07, 6.45) is 0.432. The molecule has 2 aromatic carbocycles. The van der Waals surface area contributed by atoms with Crippen molar-refractivity contribution in [3.8, 4) is 0 Å². The summed E-state index contributed by atoms with van der Waals surface area (Å²) in [7, 11) is 0. The van der Waals surface area contributed by atoms with E-state index in [0.29, 0.717) is 22.0 Å². The van der Waals surface area contributed by atoms with Crippen molar-refractivity contribution < 1.29 is 4.39 Å². The predicted octanol–water partition coefficient (Wildman–Crippen LogP) is 6.57. The van der Waals surface area contributed by atoms with Gasteiger partial charge in [-0.15, -0.1) is 0 Å². The van der Waals surface area contributed by atoms with Crippen molar-refractivity contribution in [2.24, 2.45) is 0 Å². The highest BCUT2D eigenvalue weighted by Gasteiger charge is 2.17. The lowest BCUT2D eigenvalue weighted by molar-refractivity contribution is 0.608. The van der Waals surface area contributed by atoms with Crippen LogP contribution in [0.1, 0.15) is 16.0 Å². The number of rotatable bonds is 3. The third-order valence-corrected chi connectivity index (χ3v) is 5.25. The number of hydrogen-bond acceptors (Lipinski definition) is 0. The molecule has 0 heterocycles. The van der Waals surface area contributed by atoms with Gasteiger partial charge in [0.15, 0.2) is 0 Å². The van der Waals surface area contributed by atoms with E-state index in [1.54, 1.807) is 12.1 Å². The molecule has 0 bridgehead atoms. The molecular weight excluding hydrogens is 418 g/mol. The van der Waals surface area contributed by atoms with Crippen LogP contribution in [0.2, 0.25) is 10.0 Å². The molecule has 0 N–H and O–H groups in total. The third kappa shape index (κ3) is 3.52. The third-order valence-electron chi connectivity index (χ3n) is 2.76. The van der Waals surface area contributed by atoms with E-state index < -0.39 is 0 Å². The van der Waals surface area contributed by atoms with Gasteiger partial charge >= 0.3 is 0 Å². The molecule has 0 spiro atoms. The van der Waals surface area contributed by atoms with Gasteiger partial charge in [0.05, 0.1) is 5.02 Å². The lowest BCUT2D eigenvalue weighted by Crippen LogP contribution is -2.00. The standard InChI is InChI=1S/C14H9Br2Cl2F/c15-10-4-1-3-8(14(10)18)11(16)7-9-12(17)5-2-6-13(9)19/h1-6,11H,7H2. The van der Waals surface area contributed by atoms with Crippen molar-refractivity contribution in [3.63, 3.8) is 0 Å². The summed E-state index contributed by atoms with van der Waals surface area (Å²) in [5.74, 6) is -0.303. The molecule has 0 nitrogen and oxygen atoms in total. The van der Waals surface area contributed by atoms with Crippen LogP contribution in [0.3, 0.4) is 0 Å². The Morgan fingerprint density at radius 3 is 2.47 bits per heavy atom. The van der Waals surface area contributed by atoms with Gasteiger partial charge in [0, 0.05) is 19.9 Å². The molecule has 0 saturated heterocycles. The lowest BCUT2D eigenvalue weighted by atomic mass is 10.0. The van der Waals surface area contributed by atoms with E-state index in [4.69, 9.17) is 23.2 Å². The zero-order valence-electron chi connectivity index (χ0n) is 9.64. The van der Waals surface area contributed by atoms with E-state index in [1.807, 2.05) is 18.2 Å². The van der Waals surface area contributed by atoms with Crippen LogP contribution in [0.25, 0.3) is 0 Å². The molecule has 2 aromatic rings. The van der Waals surface area contributed by atoms with Gasteiger partial charge in [0.1, 0.15) is 5.82 Å². The molecule has 100 valence electrons. The average Bonchev–Trinajstić information content (AvgIpc) is 2.37. The molecule has 0 radical (unpaired) electrons. The minimum Gasteiger partial charge on any atom is -0.207 e. The van der Waals surface area contributed by atoms with Crippen LogP contribution < -0.4 is 0 Å². The Hall–Kier alpha value is -0.0900. The fourth-order valence-electron chi connectivity index (χ4n) is 1.78. The topological polar surface area (TPSA) is 0 Å². The Balaban J connectivity index is 2.31. The van der Waals surface area contributed by atoms with Crippen molar-refractivity contribution in [2.75, 3.05) is 0 Å². The maximum atomic E-state index is 13.8. The van der Waals surface area contributed by atoms with Gasteiger partial charge in [-0.1, -0.05) is 57.3 Å². The van der Waals surface area contributed by atoms with Crippen LogP contribution in [0.15, 0.2) is 40.9 Å². The molecule has 19 heavy (non-hydrogen) atoms. The Kier molecular flexibility index (Phi) is 5.29. The number of halogens is 5. The molecule has 0 saturated carbocycles. The quantitative estimate of drug-likeness (QED) is 0.486. The second-order valence-electron chi connectivity index (χ2n) is 4.01. The molecular formula is C14H9Br2Cl2F. The molecule has 0 fully saturated rings. The van der Waals surface area contributed by atoms with Gasteiger partial charge in [-0.05, 0) is 46.1 Å². The molecule has 0 amide bonds. The summed E-state index contributed by atoms with van der Waals surface area (Å²) in [4.78, 5) is -0.105. The highest BCUT2D eigenvalue weighted by molar-refractivity contribution is 9.10. The summed E-state index contributed by atoms with van der Waals surface area (Å²) >= 11 is 19.2. The zero-order chi connectivity index (χ0) is 14.0. The second kappa shape index (κ2) is 6.57. The summed E-state index contributed by atoms with van der Waals surface area (Å²) in [5.41, 5.74) is 1.39. The van der Waals surface area contributed by atoms with Gasteiger partial charge in [-0.25, -0.2) is 4.39 Å². The summed E-state index contributed by atoms with van der Waals surface area (Å²) < 4.78 is 14.6. The maximum Gasteiger partial charge on any atom is 0.127 e. The first kappa shape index (κ1) is 15.3. The van der Waals surface area contributed by atoms with Crippen LogP contribution in [0.5, 0.6) is 0 Å². The second-order valence-corrected chi connectivity index (χ2v) is 6.76. The molecule has 5 heteroatoms. The van der Waals surface area contributed by atoms with Gasteiger partial charge in [0.25, 0.3) is 0 Å². The van der Waals surface area contributed by atoms with E-state index in [1.165, 1.54) is 6.07 Å². The van der Waals surface area contributed by atoms with Crippen LogP contribution in [-0.2, 0) is 6.42 Å². The van der Waals surface area contributed by atoms with Crippen LogP contribution in [0.4, 0.5) is 4.39 Å². The van der Waals surface area contributed by atoms with Crippen molar-refractivity contribution >= 4 is 55.1 Å². The zero-order valence-corrected chi connectivity index (χ0v) is 14.3. The average molecular weight is 427 g/mol.